The van der Waals surface area contributed by atoms with Crippen LogP contribution in [0.4, 0.5) is 0 Å². The minimum Gasteiger partial charge on any atom is -0.464 e. The molecule has 0 radical (unpaired) electrons. The summed E-state index contributed by atoms with van der Waals surface area (Å²) in [5, 5.41) is 0. The van der Waals surface area contributed by atoms with Gasteiger partial charge in [0, 0.05) is 6.54 Å². The second kappa shape index (κ2) is 4.86. The summed E-state index contributed by atoms with van der Waals surface area (Å²) in [5.41, 5.74) is 9.66. The van der Waals surface area contributed by atoms with Crippen molar-refractivity contribution in [3.8, 4) is 11.1 Å². The smallest absolute Gasteiger partial charge is 0.318 e. The van der Waals surface area contributed by atoms with Crippen LogP contribution in [0, 0.1) is 0 Å². The normalized spacial score (nSPS) is 12.9. The van der Waals surface area contributed by atoms with E-state index in [2.05, 4.69) is 0 Å². The topological polar surface area (TPSA) is 52.3 Å². The molecule has 0 saturated heterocycles. The third kappa shape index (κ3) is 1.92. The van der Waals surface area contributed by atoms with E-state index in [-0.39, 0.29) is 18.5 Å². The van der Waals surface area contributed by atoms with E-state index in [0.717, 1.165) is 22.3 Å². The zero-order valence-corrected chi connectivity index (χ0v) is 10.5. The minimum absolute atomic E-state index is 0.220. The molecule has 19 heavy (non-hydrogen) atoms. The molecule has 0 bridgehead atoms. The highest BCUT2D eigenvalue weighted by molar-refractivity contribution is 5.93. The third-order valence-electron chi connectivity index (χ3n) is 3.43. The standard InChI is InChI=1S/C16H15NO2/c17-9-10-19-16(18)15-13-7-3-1-5-11(13)12-6-2-4-8-14(12)15/h1-8,15H,9-10,17H2. The second-order valence-electron chi connectivity index (χ2n) is 4.56. The Morgan fingerprint density at radius 1 is 1.00 bits per heavy atom. The number of hydrogen-bond acceptors (Lipinski definition) is 3. The van der Waals surface area contributed by atoms with Gasteiger partial charge in [0.1, 0.15) is 12.5 Å². The first-order valence-corrected chi connectivity index (χ1v) is 6.38. The van der Waals surface area contributed by atoms with Gasteiger partial charge in [0.25, 0.3) is 0 Å². The molecule has 3 rings (SSSR count). The van der Waals surface area contributed by atoms with Gasteiger partial charge in [0.2, 0.25) is 0 Å². The molecule has 2 aromatic rings. The molecule has 2 aromatic carbocycles. The van der Waals surface area contributed by atoms with Crippen molar-refractivity contribution >= 4 is 5.97 Å². The van der Waals surface area contributed by atoms with Gasteiger partial charge in [0.15, 0.2) is 0 Å². The molecule has 0 heterocycles. The second-order valence-corrected chi connectivity index (χ2v) is 4.56. The minimum atomic E-state index is -0.320. The third-order valence-corrected chi connectivity index (χ3v) is 3.43. The number of benzene rings is 2. The number of nitrogens with two attached hydrogens (primary N) is 1. The number of rotatable bonds is 3. The first kappa shape index (κ1) is 11.9. The predicted molar refractivity (Wildman–Crippen MR) is 73.7 cm³/mol. The van der Waals surface area contributed by atoms with Gasteiger partial charge in [-0.2, -0.15) is 0 Å². The Kier molecular flexibility index (Phi) is 3.05. The Bertz CT molecular complexity index is 576. The fourth-order valence-electron chi connectivity index (χ4n) is 2.65. The van der Waals surface area contributed by atoms with Gasteiger partial charge in [-0.05, 0) is 22.3 Å². The molecule has 1 aliphatic rings. The monoisotopic (exact) mass is 253 g/mol. The van der Waals surface area contributed by atoms with Crippen molar-refractivity contribution in [3.05, 3.63) is 59.7 Å². The highest BCUT2D eigenvalue weighted by atomic mass is 16.5. The molecule has 96 valence electrons. The van der Waals surface area contributed by atoms with Crippen molar-refractivity contribution in [2.24, 2.45) is 5.73 Å². The summed E-state index contributed by atoms with van der Waals surface area (Å²) < 4.78 is 5.22. The maximum atomic E-state index is 12.3. The van der Waals surface area contributed by atoms with E-state index in [9.17, 15) is 4.79 Å². The summed E-state index contributed by atoms with van der Waals surface area (Å²) in [6.45, 7) is 0.613. The molecule has 1 aliphatic carbocycles. The fraction of sp³-hybridized carbons (Fsp3) is 0.188. The molecule has 0 aliphatic heterocycles. The summed E-state index contributed by atoms with van der Waals surface area (Å²) in [7, 11) is 0. The Balaban J connectivity index is 2.07. The van der Waals surface area contributed by atoms with Crippen LogP contribution in [-0.4, -0.2) is 19.1 Å². The average Bonchev–Trinajstić information content (AvgIpc) is 2.79. The maximum absolute atomic E-state index is 12.3. The predicted octanol–water partition coefficient (Wildman–Crippen LogP) is 2.30. The lowest BCUT2D eigenvalue weighted by atomic mass is 9.97. The Hall–Kier alpha value is -2.13. The lowest BCUT2D eigenvalue weighted by Gasteiger charge is -2.12. The van der Waals surface area contributed by atoms with Crippen molar-refractivity contribution < 1.29 is 9.53 Å². The summed E-state index contributed by atoms with van der Waals surface area (Å²) in [6.07, 6.45) is 0. The number of hydrogen-bond donors (Lipinski definition) is 1. The molecule has 0 amide bonds. The summed E-state index contributed by atoms with van der Waals surface area (Å²) >= 11 is 0. The van der Waals surface area contributed by atoms with E-state index in [1.54, 1.807) is 0 Å². The molecule has 3 heteroatoms. The lowest BCUT2D eigenvalue weighted by molar-refractivity contribution is -0.144. The van der Waals surface area contributed by atoms with Crippen LogP contribution in [0.15, 0.2) is 48.5 Å². The first-order chi connectivity index (χ1) is 9.33. The Morgan fingerprint density at radius 2 is 1.53 bits per heavy atom. The van der Waals surface area contributed by atoms with Crippen LogP contribution in [0.3, 0.4) is 0 Å². The van der Waals surface area contributed by atoms with Gasteiger partial charge in [0.05, 0.1) is 0 Å². The van der Waals surface area contributed by atoms with E-state index in [0.29, 0.717) is 6.54 Å². The summed E-state index contributed by atoms with van der Waals surface area (Å²) in [4.78, 5) is 12.3. The van der Waals surface area contributed by atoms with Gasteiger partial charge in [-0.15, -0.1) is 0 Å². The van der Waals surface area contributed by atoms with Crippen LogP contribution in [0.2, 0.25) is 0 Å². The van der Waals surface area contributed by atoms with Crippen LogP contribution < -0.4 is 5.73 Å². The highest BCUT2D eigenvalue weighted by Gasteiger charge is 2.34. The maximum Gasteiger partial charge on any atom is 0.318 e. The van der Waals surface area contributed by atoms with Crippen LogP contribution in [0.1, 0.15) is 17.0 Å². The number of fused-ring (bicyclic) bond motifs is 3. The molecular weight excluding hydrogens is 238 g/mol. The molecule has 3 nitrogen and oxygen atoms in total. The van der Waals surface area contributed by atoms with Crippen molar-refractivity contribution in [3.63, 3.8) is 0 Å². The number of carbonyl (C=O) groups is 1. The lowest BCUT2D eigenvalue weighted by Crippen LogP contribution is -2.19. The Morgan fingerprint density at radius 3 is 2.05 bits per heavy atom. The van der Waals surface area contributed by atoms with Gasteiger partial charge >= 0.3 is 5.97 Å². The molecular formula is C16H15NO2. The SMILES string of the molecule is NCCOC(=O)C1c2ccccc2-c2ccccc21. The molecule has 2 N–H and O–H groups in total. The zero-order valence-electron chi connectivity index (χ0n) is 10.5. The van der Waals surface area contributed by atoms with E-state index in [4.69, 9.17) is 10.5 Å². The molecule has 0 atom stereocenters. The van der Waals surface area contributed by atoms with Gasteiger partial charge in [-0.1, -0.05) is 48.5 Å². The van der Waals surface area contributed by atoms with Gasteiger partial charge in [-0.25, -0.2) is 0 Å². The largest absolute Gasteiger partial charge is 0.464 e. The van der Waals surface area contributed by atoms with Crippen molar-refractivity contribution in [2.45, 2.75) is 5.92 Å². The van der Waals surface area contributed by atoms with Crippen LogP contribution in [0.5, 0.6) is 0 Å². The van der Waals surface area contributed by atoms with E-state index < -0.39 is 0 Å². The van der Waals surface area contributed by atoms with Crippen molar-refractivity contribution in [1.82, 2.24) is 0 Å². The highest BCUT2D eigenvalue weighted by Crippen LogP contribution is 2.44. The molecule has 0 spiro atoms. The Labute approximate surface area is 112 Å². The van der Waals surface area contributed by atoms with Gasteiger partial charge in [-0.3, -0.25) is 4.79 Å². The number of carbonyl (C=O) groups excluding carboxylic acids is 1. The van der Waals surface area contributed by atoms with Crippen LogP contribution in [-0.2, 0) is 9.53 Å². The van der Waals surface area contributed by atoms with E-state index in [1.807, 2.05) is 48.5 Å². The zero-order chi connectivity index (χ0) is 13.2. The fourth-order valence-corrected chi connectivity index (χ4v) is 2.65. The summed E-state index contributed by atoms with van der Waals surface area (Å²) in [6, 6.07) is 16.0. The van der Waals surface area contributed by atoms with E-state index >= 15 is 0 Å². The number of esters is 1. The number of ether oxygens (including phenoxy) is 1. The molecule has 0 saturated carbocycles. The van der Waals surface area contributed by atoms with Crippen LogP contribution in [0.25, 0.3) is 11.1 Å². The molecule has 0 unspecified atom stereocenters. The van der Waals surface area contributed by atoms with Crippen LogP contribution >= 0.6 is 0 Å². The van der Waals surface area contributed by atoms with Gasteiger partial charge < -0.3 is 10.5 Å². The molecule has 0 fully saturated rings. The quantitative estimate of drug-likeness (QED) is 0.854. The van der Waals surface area contributed by atoms with Crippen molar-refractivity contribution in [1.29, 1.82) is 0 Å². The van der Waals surface area contributed by atoms with E-state index in [1.165, 1.54) is 0 Å². The molecule has 0 aromatic heterocycles. The first-order valence-electron chi connectivity index (χ1n) is 6.38. The summed E-state index contributed by atoms with van der Waals surface area (Å²) in [5.74, 6) is -0.540. The average molecular weight is 253 g/mol. The van der Waals surface area contributed by atoms with Crippen molar-refractivity contribution in [2.75, 3.05) is 13.2 Å².